The number of imidazole rings is 1. The molecule has 0 aromatic carbocycles. The van der Waals surface area contributed by atoms with Crippen molar-refractivity contribution in [3.05, 3.63) is 41.2 Å². The van der Waals surface area contributed by atoms with E-state index in [-0.39, 0.29) is 0 Å². The highest BCUT2D eigenvalue weighted by molar-refractivity contribution is 5.73. The minimum atomic E-state index is 0.298. The number of hydrogen-bond acceptors (Lipinski definition) is 7. The first-order valence-electron chi connectivity index (χ1n) is 9.30. The lowest BCUT2D eigenvalue weighted by Crippen LogP contribution is -2.32. The number of nitrogens with zero attached hydrogens (tertiary/aromatic N) is 6. The molecular formula is C19H22N6O2. The van der Waals surface area contributed by atoms with Crippen LogP contribution in [0.5, 0.6) is 5.88 Å². The van der Waals surface area contributed by atoms with Gasteiger partial charge in [0.15, 0.2) is 5.82 Å². The first-order valence-corrected chi connectivity index (χ1v) is 9.30. The largest absolute Gasteiger partial charge is 0.481 e. The van der Waals surface area contributed by atoms with E-state index in [1.807, 2.05) is 17.6 Å². The van der Waals surface area contributed by atoms with Crippen molar-refractivity contribution in [3.63, 3.8) is 0 Å². The van der Waals surface area contributed by atoms with Crippen LogP contribution in [0.3, 0.4) is 0 Å². The van der Waals surface area contributed by atoms with Gasteiger partial charge in [-0.15, -0.1) is 0 Å². The molecule has 1 saturated heterocycles. The van der Waals surface area contributed by atoms with Crippen molar-refractivity contribution in [1.29, 1.82) is 0 Å². The molecule has 0 spiro atoms. The van der Waals surface area contributed by atoms with E-state index in [1.54, 1.807) is 13.4 Å². The molecule has 8 nitrogen and oxygen atoms in total. The molecule has 1 unspecified atom stereocenters. The van der Waals surface area contributed by atoms with Crippen LogP contribution in [0, 0.1) is 6.92 Å². The van der Waals surface area contributed by atoms with Crippen LogP contribution in [0.25, 0.3) is 5.52 Å². The van der Waals surface area contributed by atoms with E-state index in [0.717, 1.165) is 54.4 Å². The van der Waals surface area contributed by atoms with Gasteiger partial charge in [-0.2, -0.15) is 5.10 Å². The van der Waals surface area contributed by atoms with Gasteiger partial charge < -0.3 is 14.4 Å². The lowest BCUT2D eigenvalue weighted by atomic mass is 10.0. The maximum absolute atomic E-state index is 5.60. The summed E-state index contributed by atoms with van der Waals surface area (Å²) in [7, 11) is 1.67. The van der Waals surface area contributed by atoms with E-state index in [9.17, 15) is 0 Å². The van der Waals surface area contributed by atoms with E-state index in [0.29, 0.717) is 24.9 Å². The summed E-state index contributed by atoms with van der Waals surface area (Å²) in [5.74, 6) is 2.79. The Balaban J connectivity index is 1.61. The second-order valence-electron chi connectivity index (χ2n) is 7.08. The Kier molecular flexibility index (Phi) is 3.93. The Labute approximate surface area is 157 Å². The van der Waals surface area contributed by atoms with Crippen molar-refractivity contribution in [3.8, 4) is 5.88 Å². The maximum atomic E-state index is 5.60. The van der Waals surface area contributed by atoms with Crippen molar-refractivity contribution in [2.24, 2.45) is 0 Å². The summed E-state index contributed by atoms with van der Waals surface area (Å²) in [4.78, 5) is 16.1. The number of aryl methyl sites for hydroxylation is 1. The molecule has 0 radical (unpaired) electrons. The molecule has 3 aromatic heterocycles. The van der Waals surface area contributed by atoms with Gasteiger partial charge in [-0.1, -0.05) is 0 Å². The number of fused-ring (bicyclic) bond motifs is 2. The average Bonchev–Trinajstić information content (AvgIpc) is 3.35. The molecule has 0 amide bonds. The van der Waals surface area contributed by atoms with Gasteiger partial charge in [-0.3, -0.25) is 0 Å². The summed E-state index contributed by atoms with van der Waals surface area (Å²) < 4.78 is 13.0. The second kappa shape index (κ2) is 6.45. The van der Waals surface area contributed by atoms with Crippen LogP contribution < -0.4 is 9.64 Å². The summed E-state index contributed by atoms with van der Waals surface area (Å²) >= 11 is 0. The molecule has 5 heterocycles. The van der Waals surface area contributed by atoms with E-state index in [1.165, 1.54) is 5.56 Å². The van der Waals surface area contributed by atoms with Crippen molar-refractivity contribution >= 4 is 11.3 Å². The summed E-state index contributed by atoms with van der Waals surface area (Å²) in [5.41, 5.74) is 4.46. The molecule has 1 atom stereocenters. The molecule has 2 aliphatic heterocycles. The molecule has 3 aromatic rings. The number of pyridine rings is 1. The minimum Gasteiger partial charge on any atom is -0.481 e. The number of aromatic nitrogens is 5. The van der Waals surface area contributed by atoms with Gasteiger partial charge in [0.05, 0.1) is 26.0 Å². The van der Waals surface area contributed by atoms with Crippen LogP contribution in [0.1, 0.15) is 35.0 Å². The molecule has 1 fully saturated rings. The van der Waals surface area contributed by atoms with Crippen LogP contribution in [-0.2, 0) is 17.7 Å². The van der Waals surface area contributed by atoms with Gasteiger partial charge in [-0.25, -0.2) is 19.5 Å². The molecule has 27 heavy (non-hydrogen) atoms. The Morgan fingerprint density at radius 2 is 2.22 bits per heavy atom. The Bertz CT molecular complexity index is 981. The van der Waals surface area contributed by atoms with Gasteiger partial charge in [0.2, 0.25) is 5.88 Å². The van der Waals surface area contributed by atoms with Gasteiger partial charge in [0.25, 0.3) is 0 Å². The van der Waals surface area contributed by atoms with E-state index in [2.05, 4.69) is 26.0 Å². The fourth-order valence-corrected chi connectivity index (χ4v) is 4.15. The van der Waals surface area contributed by atoms with Gasteiger partial charge >= 0.3 is 0 Å². The number of rotatable bonds is 3. The molecule has 0 bridgehead atoms. The summed E-state index contributed by atoms with van der Waals surface area (Å²) in [6.45, 7) is 5.08. The zero-order valence-electron chi connectivity index (χ0n) is 15.6. The minimum absolute atomic E-state index is 0.298. The SMILES string of the molecule is COc1nccc2c1CN(c1ncnn3c(C)nc(C4CCOC4)c13)CC2. The quantitative estimate of drug-likeness (QED) is 0.700. The van der Waals surface area contributed by atoms with E-state index >= 15 is 0 Å². The third-order valence-corrected chi connectivity index (χ3v) is 5.52. The normalized spacial score (nSPS) is 19.5. The lowest BCUT2D eigenvalue weighted by Gasteiger charge is -2.30. The zero-order chi connectivity index (χ0) is 18.4. The van der Waals surface area contributed by atoms with Crippen LogP contribution >= 0.6 is 0 Å². The molecule has 5 rings (SSSR count). The van der Waals surface area contributed by atoms with Crippen LogP contribution in [-0.4, -0.2) is 51.4 Å². The highest BCUT2D eigenvalue weighted by atomic mass is 16.5. The lowest BCUT2D eigenvalue weighted by molar-refractivity contribution is 0.193. The monoisotopic (exact) mass is 366 g/mol. The number of ether oxygens (including phenoxy) is 2. The topological polar surface area (TPSA) is 77.7 Å². The fourth-order valence-electron chi connectivity index (χ4n) is 4.15. The molecule has 0 aliphatic carbocycles. The van der Waals surface area contributed by atoms with Crippen molar-refractivity contribution in [2.75, 3.05) is 31.8 Å². The first kappa shape index (κ1) is 16.4. The Morgan fingerprint density at radius 1 is 1.30 bits per heavy atom. The smallest absolute Gasteiger partial charge is 0.218 e. The molecule has 0 N–H and O–H groups in total. The van der Waals surface area contributed by atoms with Gasteiger partial charge in [0.1, 0.15) is 17.7 Å². The van der Waals surface area contributed by atoms with Crippen LogP contribution in [0.15, 0.2) is 18.6 Å². The maximum Gasteiger partial charge on any atom is 0.218 e. The first-order chi connectivity index (χ1) is 13.3. The molecule has 140 valence electrons. The van der Waals surface area contributed by atoms with Gasteiger partial charge in [0, 0.05) is 30.8 Å². The summed E-state index contributed by atoms with van der Waals surface area (Å²) in [6, 6.07) is 2.08. The highest BCUT2D eigenvalue weighted by Crippen LogP contribution is 2.35. The summed E-state index contributed by atoms with van der Waals surface area (Å²) in [5, 5.41) is 4.44. The molecule has 2 aliphatic rings. The van der Waals surface area contributed by atoms with Crippen molar-refractivity contribution in [2.45, 2.75) is 32.2 Å². The highest BCUT2D eigenvalue weighted by Gasteiger charge is 2.29. The third kappa shape index (κ3) is 2.63. The molecule has 0 saturated carbocycles. The average molecular weight is 366 g/mol. The zero-order valence-corrected chi connectivity index (χ0v) is 15.6. The van der Waals surface area contributed by atoms with Crippen LogP contribution in [0.2, 0.25) is 0 Å². The Morgan fingerprint density at radius 3 is 3.04 bits per heavy atom. The summed E-state index contributed by atoms with van der Waals surface area (Å²) in [6.07, 6.45) is 5.34. The third-order valence-electron chi connectivity index (χ3n) is 5.52. The number of anilines is 1. The van der Waals surface area contributed by atoms with Gasteiger partial charge in [-0.05, 0) is 31.4 Å². The van der Waals surface area contributed by atoms with E-state index < -0.39 is 0 Å². The second-order valence-corrected chi connectivity index (χ2v) is 7.08. The Hall–Kier alpha value is -2.74. The standard InChI is InChI=1S/C19H22N6O2/c1-12-23-16(14-5-8-27-10-14)17-18(21-11-22-25(12)17)24-7-4-13-3-6-20-19(26-2)15(13)9-24/h3,6,11,14H,4-5,7-10H2,1-2H3. The number of methoxy groups -OCH3 is 1. The van der Waals surface area contributed by atoms with E-state index in [4.69, 9.17) is 14.5 Å². The molecular weight excluding hydrogens is 344 g/mol. The van der Waals surface area contributed by atoms with Crippen molar-refractivity contribution < 1.29 is 9.47 Å². The number of hydrogen-bond donors (Lipinski definition) is 0. The predicted molar refractivity (Wildman–Crippen MR) is 99.2 cm³/mol. The predicted octanol–water partition coefficient (Wildman–Crippen LogP) is 1.90. The van der Waals surface area contributed by atoms with Crippen LogP contribution in [0.4, 0.5) is 5.82 Å². The molecule has 8 heteroatoms. The van der Waals surface area contributed by atoms with Crippen molar-refractivity contribution in [1.82, 2.24) is 24.6 Å². The fraction of sp³-hybridized carbons (Fsp3) is 0.474.